The van der Waals surface area contributed by atoms with Gasteiger partial charge in [-0.2, -0.15) is 0 Å². The van der Waals surface area contributed by atoms with Crippen LogP contribution in [0.3, 0.4) is 0 Å². The lowest BCUT2D eigenvalue weighted by molar-refractivity contribution is 0.209. The molecular formula is C15H20Cl2O. The Labute approximate surface area is 120 Å². The number of halogens is 2. The molecule has 0 unspecified atom stereocenters. The van der Waals surface area contributed by atoms with Crippen molar-refractivity contribution >= 4 is 23.2 Å². The molecule has 0 bridgehead atoms. The summed E-state index contributed by atoms with van der Waals surface area (Å²) in [5, 5.41) is 0.700. The van der Waals surface area contributed by atoms with Crippen LogP contribution >= 0.6 is 23.2 Å². The quantitative estimate of drug-likeness (QED) is 0.582. The van der Waals surface area contributed by atoms with Gasteiger partial charge in [0.2, 0.25) is 0 Å². The molecule has 0 atom stereocenters. The average molecular weight is 287 g/mol. The second-order valence-electron chi connectivity index (χ2n) is 4.37. The van der Waals surface area contributed by atoms with E-state index in [4.69, 9.17) is 27.9 Å². The normalized spacial score (nSPS) is 12.6. The van der Waals surface area contributed by atoms with Crippen molar-refractivity contribution in [1.82, 2.24) is 0 Å². The molecule has 1 aromatic carbocycles. The van der Waals surface area contributed by atoms with Crippen LogP contribution in [0.25, 0.3) is 0 Å². The molecule has 3 heteroatoms. The first-order chi connectivity index (χ1) is 8.61. The first kappa shape index (κ1) is 15.4. The molecule has 0 amide bonds. The fraction of sp³-hybridized carbons (Fsp3) is 0.467. The molecule has 100 valence electrons. The largest absolute Gasteiger partial charge is 0.460 e. The fourth-order valence-electron chi connectivity index (χ4n) is 2.15. The molecule has 0 radical (unpaired) electrons. The Kier molecular flexibility index (Phi) is 6.04. The molecule has 0 saturated carbocycles. The van der Waals surface area contributed by atoms with Gasteiger partial charge in [0, 0.05) is 16.0 Å². The van der Waals surface area contributed by atoms with Gasteiger partial charge in [-0.05, 0) is 43.5 Å². The van der Waals surface area contributed by atoms with Crippen LogP contribution in [-0.4, -0.2) is 0 Å². The molecule has 0 N–H and O–H groups in total. The number of hydrogen-bond donors (Lipinski definition) is 0. The van der Waals surface area contributed by atoms with Crippen molar-refractivity contribution in [3.63, 3.8) is 0 Å². The van der Waals surface area contributed by atoms with Crippen LogP contribution in [0.15, 0.2) is 35.6 Å². The Morgan fingerprint density at radius 1 is 1.11 bits per heavy atom. The number of allylic oxidation sites excluding steroid dienone is 1. The van der Waals surface area contributed by atoms with E-state index in [0.29, 0.717) is 5.02 Å². The van der Waals surface area contributed by atoms with E-state index in [1.54, 1.807) is 5.54 Å². The topological polar surface area (TPSA) is 9.23 Å². The molecule has 1 rings (SSSR count). The van der Waals surface area contributed by atoms with Crippen molar-refractivity contribution in [2.24, 2.45) is 5.41 Å². The van der Waals surface area contributed by atoms with Gasteiger partial charge < -0.3 is 4.74 Å². The van der Waals surface area contributed by atoms with Gasteiger partial charge in [0.25, 0.3) is 0 Å². The van der Waals surface area contributed by atoms with E-state index in [2.05, 4.69) is 20.8 Å². The second kappa shape index (κ2) is 7.06. The summed E-state index contributed by atoms with van der Waals surface area (Å²) in [7, 11) is 0. The summed E-state index contributed by atoms with van der Waals surface area (Å²) in [6, 6.07) is 7.34. The maximum Gasteiger partial charge on any atom is 0.127 e. The monoisotopic (exact) mass is 286 g/mol. The maximum absolute atomic E-state index is 5.96. The van der Waals surface area contributed by atoms with Crippen molar-refractivity contribution in [3.05, 3.63) is 40.6 Å². The average Bonchev–Trinajstić information content (AvgIpc) is 2.42. The van der Waals surface area contributed by atoms with Gasteiger partial charge >= 0.3 is 0 Å². The van der Waals surface area contributed by atoms with Gasteiger partial charge in [-0.1, -0.05) is 44.0 Å². The third kappa shape index (κ3) is 3.43. The molecule has 0 aliphatic carbocycles. The van der Waals surface area contributed by atoms with E-state index in [1.807, 2.05) is 24.3 Å². The molecule has 0 heterocycles. The first-order valence-electron chi connectivity index (χ1n) is 6.36. The van der Waals surface area contributed by atoms with Crippen LogP contribution in [0.5, 0.6) is 5.75 Å². The Hall–Kier alpha value is -0.660. The Morgan fingerprint density at radius 3 is 2.00 bits per heavy atom. The maximum atomic E-state index is 5.96. The van der Waals surface area contributed by atoms with E-state index >= 15 is 0 Å². The molecular weight excluding hydrogens is 267 g/mol. The molecule has 0 aromatic heterocycles. The van der Waals surface area contributed by atoms with Crippen LogP contribution in [0.2, 0.25) is 5.02 Å². The van der Waals surface area contributed by atoms with Crippen molar-refractivity contribution in [2.45, 2.75) is 40.0 Å². The molecule has 18 heavy (non-hydrogen) atoms. The molecule has 0 fully saturated rings. The van der Waals surface area contributed by atoms with Gasteiger partial charge in [0.05, 0.1) is 0 Å². The molecule has 1 nitrogen and oxygen atoms in total. The summed E-state index contributed by atoms with van der Waals surface area (Å²) in [5.41, 5.74) is 1.58. The summed E-state index contributed by atoms with van der Waals surface area (Å²) in [6.07, 6.45) is 3.02. The molecule has 0 saturated heterocycles. The van der Waals surface area contributed by atoms with Gasteiger partial charge in [0.15, 0.2) is 0 Å². The third-order valence-electron chi connectivity index (χ3n) is 3.69. The highest BCUT2D eigenvalue weighted by Crippen LogP contribution is 2.40. The van der Waals surface area contributed by atoms with Crippen molar-refractivity contribution < 1.29 is 4.74 Å². The highest BCUT2D eigenvalue weighted by Gasteiger charge is 2.30. The summed E-state index contributed by atoms with van der Waals surface area (Å²) >= 11 is 11.8. The van der Waals surface area contributed by atoms with Gasteiger partial charge in [0.1, 0.15) is 11.5 Å². The zero-order valence-electron chi connectivity index (χ0n) is 11.2. The van der Waals surface area contributed by atoms with Crippen LogP contribution in [0.4, 0.5) is 0 Å². The molecule has 0 aliphatic rings. The van der Waals surface area contributed by atoms with Gasteiger partial charge in [-0.15, -0.1) is 0 Å². The fourth-order valence-corrected chi connectivity index (χ4v) is 2.55. The number of benzene rings is 1. The Balaban J connectivity index is 2.94. The summed E-state index contributed by atoms with van der Waals surface area (Å²) in [5.74, 6) is 1.60. The van der Waals surface area contributed by atoms with Gasteiger partial charge in [-0.3, -0.25) is 0 Å². The lowest BCUT2D eigenvalue weighted by Gasteiger charge is -2.32. The van der Waals surface area contributed by atoms with E-state index in [9.17, 15) is 0 Å². The van der Waals surface area contributed by atoms with E-state index in [0.717, 1.165) is 30.8 Å². The standard InChI is InChI=1S/C15H20Cl2O/c1-4-15(5-2,6-3)14(11-16)18-13-9-7-12(17)8-10-13/h7-11H,4-6H2,1-3H3/b14-11-. The summed E-state index contributed by atoms with van der Waals surface area (Å²) in [6.45, 7) is 6.50. The highest BCUT2D eigenvalue weighted by atomic mass is 35.5. The minimum Gasteiger partial charge on any atom is -0.460 e. The number of ether oxygens (including phenoxy) is 1. The minimum atomic E-state index is 0.0153. The predicted molar refractivity (Wildman–Crippen MR) is 79.3 cm³/mol. The predicted octanol–water partition coefficient (Wildman–Crippen LogP) is 6.02. The van der Waals surface area contributed by atoms with E-state index in [1.165, 1.54) is 0 Å². The summed E-state index contributed by atoms with van der Waals surface area (Å²) in [4.78, 5) is 0. The van der Waals surface area contributed by atoms with E-state index < -0.39 is 0 Å². The third-order valence-corrected chi connectivity index (χ3v) is 4.14. The van der Waals surface area contributed by atoms with Crippen LogP contribution in [-0.2, 0) is 0 Å². The Morgan fingerprint density at radius 2 is 1.61 bits per heavy atom. The van der Waals surface area contributed by atoms with Crippen LogP contribution in [0, 0.1) is 5.41 Å². The minimum absolute atomic E-state index is 0.0153. The smallest absolute Gasteiger partial charge is 0.127 e. The number of hydrogen-bond acceptors (Lipinski definition) is 1. The van der Waals surface area contributed by atoms with Crippen molar-refractivity contribution in [2.75, 3.05) is 0 Å². The molecule has 0 aliphatic heterocycles. The highest BCUT2D eigenvalue weighted by molar-refractivity contribution is 6.30. The zero-order chi connectivity index (χ0) is 13.6. The molecule has 1 aromatic rings. The Bertz CT molecular complexity index is 383. The molecule has 0 spiro atoms. The van der Waals surface area contributed by atoms with Gasteiger partial charge in [-0.25, -0.2) is 0 Å². The zero-order valence-corrected chi connectivity index (χ0v) is 12.7. The lowest BCUT2D eigenvalue weighted by Crippen LogP contribution is -2.24. The van der Waals surface area contributed by atoms with E-state index in [-0.39, 0.29) is 5.41 Å². The first-order valence-corrected chi connectivity index (χ1v) is 7.17. The van der Waals surface area contributed by atoms with Crippen molar-refractivity contribution in [3.8, 4) is 5.75 Å². The summed E-state index contributed by atoms with van der Waals surface area (Å²) < 4.78 is 5.93. The second-order valence-corrected chi connectivity index (χ2v) is 5.02. The SMILES string of the molecule is CCC(CC)(CC)/C(=C/Cl)Oc1ccc(Cl)cc1. The van der Waals surface area contributed by atoms with Crippen molar-refractivity contribution in [1.29, 1.82) is 0 Å². The number of rotatable bonds is 6. The van der Waals surface area contributed by atoms with Crippen LogP contribution in [0.1, 0.15) is 40.0 Å². The van der Waals surface area contributed by atoms with Crippen LogP contribution < -0.4 is 4.74 Å². The lowest BCUT2D eigenvalue weighted by atomic mass is 9.78.